The SMILES string of the molecule is CN1BNBNB1.Cl.Cl. The number of hydrogen-bond acceptors (Lipinski definition) is 3. The monoisotopic (exact) mass is 167 g/mol. The molecule has 0 saturated carbocycles. The summed E-state index contributed by atoms with van der Waals surface area (Å²) < 4.78 is 2.17. The molecule has 8 heteroatoms. The van der Waals surface area contributed by atoms with E-state index in [1.807, 2.05) is 0 Å². The van der Waals surface area contributed by atoms with Crippen molar-refractivity contribution in [1.29, 1.82) is 0 Å². The molecule has 0 amide bonds. The number of rotatable bonds is 0. The zero-order chi connectivity index (χ0) is 5.11. The summed E-state index contributed by atoms with van der Waals surface area (Å²) in [5.74, 6) is 0. The lowest BCUT2D eigenvalue weighted by atomic mass is 9.82. The molecule has 0 radical (unpaired) electrons. The Labute approximate surface area is 70.0 Å². The minimum atomic E-state index is 0. The van der Waals surface area contributed by atoms with Gasteiger partial charge in [-0.05, 0) is 7.05 Å². The molecule has 1 heterocycles. The second kappa shape index (κ2) is 6.77. The maximum Gasteiger partial charge on any atom is 0.267 e. The molecule has 0 unspecified atom stereocenters. The van der Waals surface area contributed by atoms with Crippen LogP contribution in [0.25, 0.3) is 0 Å². The lowest BCUT2D eigenvalue weighted by Gasteiger charge is -2.19. The minimum Gasteiger partial charge on any atom is -0.377 e. The Balaban J connectivity index is 0. The Bertz CT molecular complexity index is 59.0. The smallest absolute Gasteiger partial charge is 0.267 e. The Kier molecular flexibility index (Phi) is 9.28. The van der Waals surface area contributed by atoms with Gasteiger partial charge in [-0.2, -0.15) is 0 Å². The highest BCUT2D eigenvalue weighted by atomic mass is 35.5. The van der Waals surface area contributed by atoms with Crippen LogP contribution in [0.3, 0.4) is 0 Å². The first-order valence-corrected chi connectivity index (χ1v) is 2.49. The van der Waals surface area contributed by atoms with Crippen LogP contribution < -0.4 is 10.3 Å². The second-order valence-corrected chi connectivity index (χ2v) is 1.85. The van der Waals surface area contributed by atoms with Crippen molar-refractivity contribution < 1.29 is 0 Å². The Morgan fingerprint density at radius 2 is 1.56 bits per heavy atom. The highest BCUT2D eigenvalue weighted by Crippen LogP contribution is 1.69. The summed E-state index contributed by atoms with van der Waals surface area (Å²) in [6.45, 7) is 0. The second-order valence-electron chi connectivity index (χ2n) is 1.85. The predicted octanol–water partition coefficient (Wildman–Crippen LogP) is -2.25. The molecule has 1 aliphatic heterocycles. The van der Waals surface area contributed by atoms with E-state index in [9.17, 15) is 0 Å². The van der Waals surface area contributed by atoms with Gasteiger partial charge in [0.05, 0.1) is 0 Å². The van der Waals surface area contributed by atoms with Crippen molar-refractivity contribution in [2.24, 2.45) is 0 Å². The summed E-state index contributed by atoms with van der Waals surface area (Å²) >= 11 is 0. The zero-order valence-electron chi connectivity index (χ0n) is 5.39. The van der Waals surface area contributed by atoms with Crippen LogP contribution in [-0.4, -0.2) is 34.4 Å². The molecule has 9 heavy (non-hydrogen) atoms. The van der Waals surface area contributed by atoms with Gasteiger partial charge in [-0.3, -0.25) is 0 Å². The maximum atomic E-state index is 3.15. The molecule has 0 aromatic rings. The Morgan fingerprint density at radius 1 is 1.11 bits per heavy atom. The molecule has 1 aliphatic rings. The predicted molar refractivity (Wildman–Crippen MR) is 50.0 cm³/mol. The fourth-order valence-electron chi connectivity index (χ4n) is 0.638. The molecule has 1 fully saturated rings. The van der Waals surface area contributed by atoms with E-state index in [2.05, 4.69) is 22.0 Å². The molecule has 0 bridgehead atoms. The van der Waals surface area contributed by atoms with Gasteiger partial charge in [0.15, 0.2) is 0 Å². The lowest BCUT2D eigenvalue weighted by molar-refractivity contribution is 0.812. The van der Waals surface area contributed by atoms with Crippen LogP contribution >= 0.6 is 24.8 Å². The number of nitrogens with zero attached hydrogens (tertiary/aromatic N) is 1. The highest BCUT2D eigenvalue weighted by Gasteiger charge is 2.06. The van der Waals surface area contributed by atoms with Crippen molar-refractivity contribution in [2.45, 2.75) is 0 Å². The van der Waals surface area contributed by atoms with Gasteiger partial charge in [0.25, 0.3) is 22.6 Å². The number of nitrogens with one attached hydrogen (secondary N) is 2. The van der Waals surface area contributed by atoms with Gasteiger partial charge in [0.1, 0.15) is 0 Å². The molecule has 1 rings (SSSR count). The quantitative estimate of drug-likeness (QED) is 0.400. The van der Waals surface area contributed by atoms with Crippen LogP contribution in [0.2, 0.25) is 0 Å². The lowest BCUT2D eigenvalue weighted by Crippen LogP contribution is -2.56. The molecule has 3 nitrogen and oxygen atoms in total. The fourth-order valence-corrected chi connectivity index (χ4v) is 0.638. The van der Waals surface area contributed by atoms with E-state index in [-0.39, 0.29) is 24.8 Å². The van der Waals surface area contributed by atoms with E-state index in [4.69, 9.17) is 0 Å². The molecule has 1 saturated heterocycles. The van der Waals surface area contributed by atoms with Gasteiger partial charge >= 0.3 is 0 Å². The first-order valence-electron chi connectivity index (χ1n) is 2.49. The Morgan fingerprint density at radius 3 is 1.78 bits per heavy atom. The van der Waals surface area contributed by atoms with Gasteiger partial charge < -0.3 is 15.0 Å². The van der Waals surface area contributed by atoms with Gasteiger partial charge in [-0.15, -0.1) is 24.8 Å². The van der Waals surface area contributed by atoms with Crippen molar-refractivity contribution in [3.8, 4) is 0 Å². The number of halogens is 2. The van der Waals surface area contributed by atoms with Crippen LogP contribution in [-0.2, 0) is 0 Å². The summed E-state index contributed by atoms with van der Waals surface area (Å²) in [6, 6.07) is 0. The maximum absolute atomic E-state index is 3.15. The van der Waals surface area contributed by atoms with Gasteiger partial charge in [0, 0.05) is 0 Å². The van der Waals surface area contributed by atoms with Gasteiger partial charge in [-0.1, -0.05) is 0 Å². The number of hydrogen-bond donors (Lipinski definition) is 2. The summed E-state index contributed by atoms with van der Waals surface area (Å²) in [7, 11) is 5.03. The van der Waals surface area contributed by atoms with E-state index >= 15 is 0 Å². The average molecular weight is 167 g/mol. The topological polar surface area (TPSA) is 27.3 Å². The normalized spacial score (nSPS) is 17.0. The third-order valence-corrected chi connectivity index (χ3v) is 1.01. The van der Waals surface area contributed by atoms with Crippen molar-refractivity contribution in [1.82, 2.24) is 15.0 Å². The highest BCUT2D eigenvalue weighted by molar-refractivity contribution is 6.65. The largest absolute Gasteiger partial charge is 0.377 e. The average Bonchev–Trinajstić information content (AvgIpc) is 1.69. The molecule has 0 atom stereocenters. The van der Waals surface area contributed by atoms with Crippen LogP contribution in [0.4, 0.5) is 0 Å². The molecule has 0 aromatic carbocycles. The molecular formula is CH10B3Cl2N3. The van der Waals surface area contributed by atoms with Crippen molar-refractivity contribution in [3.63, 3.8) is 0 Å². The first-order chi connectivity index (χ1) is 3.39. The van der Waals surface area contributed by atoms with E-state index in [0.717, 1.165) is 22.6 Å². The Hall–Kier alpha value is 0.655. The van der Waals surface area contributed by atoms with E-state index < -0.39 is 0 Å². The van der Waals surface area contributed by atoms with Gasteiger partial charge in [0.2, 0.25) is 0 Å². The molecule has 52 valence electrons. The summed E-state index contributed by atoms with van der Waals surface area (Å²) in [5, 5.41) is 6.30. The molecular weight excluding hydrogens is 157 g/mol. The summed E-state index contributed by atoms with van der Waals surface area (Å²) in [4.78, 5) is 0. The third kappa shape index (κ3) is 5.12. The van der Waals surface area contributed by atoms with Gasteiger partial charge in [-0.25, -0.2) is 0 Å². The van der Waals surface area contributed by atoms with Crippen LogP contribution in [0.15, 0.2) is 0 Å². The molecule has 0 spiro atoms. The van der Waals surface area contributed by atoms with E-state index in [1.54, 1.807) is 0 Å². The van der Waals surface area contributed by atoms with E-state index in [1.165, 1.54) is 0 Å². The third-order valence-electron chi connectivity index (χ3n) is 1.01. The molecule has 0 aromatic heterocycles. The summed E-state index contributed by atoms with van der Waals surface area (Å²) in [5.41, 5.74) is 0. The van der Waals surface area contributed by atoms with Crippen LogP contribution in [0.1, 0.15) is 0 Å². The van der Waals surface area contributed by atoms with Crippen molar-refractivity contribution in [3.05, 3.63) is 0 Å². The molecule has 0 aliphatic carbocycles. The zero-order valence-corrected chi connectivity index (χ0v) is 7.02. The van der Waals surface area contributed by atoms with Crippen molar-refractivity contribution in [2.75, 3.05) is 7.05 Å². The minimum absolute atomic E-state index is 0. The molecule has 2 N–H and O–H groups in total. The fraction of sp³-hybridized carbons (Fsp3) is 1.00. The summed E-state index contributed by atoms with van der Waals surface area (Å²) in [6.07, 6.45) is 0. The van der Waals surface area contributed by atoms with Crippen molar-refractivity contribution >= 4 is 47.5 Å². The van der Waals surface area contributed by atoms with E-state index in [0.29, 0.717) is 0 Å². The van der Waals surface area contributed by atoms with Crippen LogP contribution in [0, 0.1) is 0 Å². The standard InChI is InChI=1S/CH8B3N3.2ClH/c1-7-3-5-2-6-4-7;;/h2-6H,1H3;2*1H. The van der Waals surface area contributed by atoms with Crippen LogP contribution in [0.5, 0.6) is 0 Å². The first kappa shape index (κ1) is 12.3.